The summed E-state index contributed by atoms with van der Waals surface area (Å²) in [6.07, 6.45) is 1.25. The fraction of sp³-hybridized carbons (Fsp3) is 0.462. The number of methoxy groups -OCH3 is 3. The van der Waals surface area contributed by atoms with E-state index in [4.69, 9.17) is 19.2 Å². The second-order valence-electron chi connectivity index (χ2n) is 7.84. The van der Waals surface area contributed by atoms with Crippen LogP contribution in [0.3, 0.4) is 0 Å². The van der Waals surface area contributed by atoms with E-state index in [0.717, 1.165) is 53.5 Å². The van der Waals surface area contributed by atoms with E-state index in [1.54, 1.807) is 33.1 Å². The summed E-state index contributed by atoms with van der Waals surface area (Å²) in [7, 11) is 4.94. The van der Waals surface area contributed by atoms with E-state index >= 15 is 0 Å². The number of thioether (sulfide) groups is 1. The number of fused-ring (bicyclic) bond motifs is 1. The van der Waals surface area contributed by atoms with E-state index in [0.29, 0.717) is 23.8 Å². The SMILES string of the molecule is CCN(CC)CCN(C(=O)CCCSc1ccc(OC)cc1)c1nc2c(OC)ccc(OC)c2s1. The summed E-state index contributed by atoms with van der Waals surface area (Å²) in [4.78, 5) is 23.5. The number of nitrogens with zero attached hydrogens (tertiary/aromatic N) is 3. The molecule has 0 aliphatic carbocycles. The largest absolute Gasteiger partial charge is 0.497 e. The Morgan fingerprint density at radius 1 is 0.943 bits per heavy atom. The van der Waals surface area contributed by atoms with Gasteiger partial charge in [0.25, 0.3) is 0 Å². The molecule has 9 heteroatoms. The third-order valence-corrected chi connectivity index (χ3v) is 8.02. The zero-order chi connectivity index (χ0) is 25.2. The quantitative estimate of drug-likeness (QED) is 0.205. The van der Waals surface area contributed by atoms with Gasteiger partial charge in [0.1, 0.15) is 27.5 Å². The molecular formula is C26H35N3O4S2. The highest BCUT2D eigenvalue weighted by atomic mass is 32.2. The number of carbonyl (C=O) groups excluding carboxylic acids is 1. The van der Waals surface area contributed by atoms with Crippen LogP contribution >= 0.6 is 23.1 Å². The standard InChI is InChI=1S/C26H35N3O4S2/c1-6-28(7-2)16-17-29(23(30)9-8-18-34-20-12-10-19(31-3)11-13-20)26-27-24-21(32-4)14-15-22(33-5)25(24)35-26/h10-15H,6-9,16-18H2,1-5H3. The molecule has 0 aliphatic rings. The molecule has 0 saturated carbocycles. The fourth-order valence-electron chi connectivity index (χ4n) is 3.72. The van der Waals surface area contributed by atoms with Crippen molar-refractivity contribution in [3.05, 3.63) is 36.4 Å². The second-order valence-corrected chi connectivity index (χ2v) is 9.99. The van der Waals surface area contributed by atoms with Gasteiger partial charge in [0.05, 0.1) is 21.3 Å². The minimum atomic E-state index is 0.0875. The predicted molar refractivity (Wildman–Crippen MR) is 146 cm³/mol. The van der Waals surface area contributed by atoms with Gasteiger partial charge >= 0.3 is 0 Å². The first-order valence-electron chi connectivity index (χ1n) is 11.9. The van der Waals surface area contributed by atoms with Gasteiger partial charge in [-0.3, -0.25) is 9.69 Å². The van der Waals surface area contributed by atoms with Crippen molar-refractivity contribution >= 4 is 44.4 Å². The second kappa shape index (κ2) is 13.6. The lowest BCUT2D eigenvalue weighted by molar-refractivity contribution is -0.118. The summed E-state index contributed by atoms with van der Waals surface area (Å²) in [5.74, 6) is 3.21. The normalized spacial score (nSPS) is 11.1. The van der Waals surface area contributed by atoms with Crippen LogP contribution in [0.15, 0.2) is 41.3 Å². The third-order valence-electron chi connectivity index (χ3n) is 5.83. The molecule has 0 unspecified atom stereocenters. The first kappa shape index (κ1) is 27.1. The van der Waals surface area contributed by atoms with Crippen molar-refractivity contribution in [1.29, 1.82) is 0 Å². The van der Waals surface area contributed by atoms with Gasteiger partial charge in [-0.25, -0.2) is 4.98 Å². The molecule has 7 nitrogen and oxygen atoms in total. The number of hydrogen-bond acceptors (Lipinski definition) is 8. The fourth-order valence-corrected chi connectivity index (χ4v) is 5.69. The van der Waals surface area contributed by atoms with Crippen LogP contribution in [0.4, 0.5) is 5.13 Å². The number of thiazole rings is 1. The zero-order valence-electron chi connectivity index (χ0n) is 21.2. The highest BCUT2D eigenvalue weighted by Crippen LogP contribution is 2.40. The van der Waals surface area contributed by atoms with Crippen LogP contribution in [-0.2, 0) is 4.79 Å². The molecule has 1 amide bonds. The van der Waals surface area contributed by atoms with Crippen LogP contribution in [0.25, 0.3) is 10.2 Å². The van der Waals surface area contributed by atoms with Crippen LogP contribution in [0.1, 0.15) is 26.7 Å². The first-order chi connectivity index (χ1) is 17.0. The molecule has 3 rings (SSSR count). The van der Waals surface area contributed by atoms with Gasteiger partial charge in [-0.2, -0.15) is 0 Å². The van der Waals surface area contributed by atoms with Crippen molar-refractivity contribution in [3.8, 4) is 17.2 Å². The number of benzene rings is 2. The van der Waals surface area contributed by atoms with Crippen molar-refractivity contribution < 1.29 is 19.0 Å². The van der Waals surface area contributed by atoms with Gasteiger partial charge in [0, 0.05) is 24.4 Å². The maximum absolute atomic E-state index is 13.4. The van der Waals surface area contributed by atoms with E-state index in [-0.39, 0.29) is 5.91 Å². The highest BCUT2D eigenvalue weighted by molar-refractivity contribution is 7.99. The smallest absolute Gasteiger partial charge is 0.228 e. The van der Waals surface area contributed by atoms with Gasteiger partial charge in [0.2, 0.25) is 5.91 Å². The molecule has 0 bridgehead atoms. The number of aromatic nitrogens is 1. The minimum absolute atomic E-state index is 0.0875. The molecule has 190 valence electrons. The number of carbonyl (C=O) groups is 1. The molecule has 0 radical (unpaired) electrons. The Morgan fingerprint density at radius 3 is 2.26 bits per heavy atom. The molecule has 1 aromatic heterocycles. The number of ether oxygens (including phenoxy) is 3. The molecule has 0 aliphatic heterocycles. The summed E-state index contributed by atoms with van der Waals surface area (Å²) in [6.45, 7) is 7.55. The average molecular weight is 518 g/mol. The Balaban J connectivity index is 1.74. The average Bonchev–Trinajstić information content (AvgIpc) is 3.34. The number of amides is 1. The molecule has 0 fully saturated rings. The van der Waals surface area contributed by atoms with Crippen molar-refractivity contribution in [2.45, 2.75) is 31.6 Å². The summed E-state index contributed by atoms with van der Waals surface area (Å²) in [5, 5.41) is 0.683. The summed E-state index contributed by atoms with van der Waals surface area (Å²) in [6, 6.07) is 11.7. The van der Waals surface area contributed by atoms with E-state index in [1.807, 2.05) is 41.3 Å². The minimum Gasteiger partial charge on any atom is -0.497 e. The lowest BCUT2D eigenvalue weighted by Crippen LogP contribution is -2.38. The van der Waals surface area contributed by atoms with Gasteiger partial charge in [-0.15, -0.1) is 11.8 Å². The molecule has 3 aromatic rings. The van der Waals surface area contributed by atoms with E-state index in [9.17, 15) is 4.79 Å². The Morgan fingerprint density at radius 2 is 1.63 bits per heavy atom. The van der Waals surface area contributed by atoms with Crippen LogP contribution < -0.4 is 19.1 Å². The van der Waals surface area contributed by atoms with Crippen LogP contribution in [-0.4, -0.2) is 69.1 Å². The maximum atomic E-state index is 13.4. The van der Waals surface area contributed by atoms with Crippen LogP contribution in [0, 0.1) is 0 Å². The lowest BCUT2D eigenvalue weighted by atomic mass is 10.3. The van der Waals surface area contributed by atoms with Gasteiger partial charge in [-0.05, 0) is 61.7 Å². The van der Waals surface area contributed by atoms with E-state index in [1.165, 1.54) is 16.2 Å². The molecular weight excluding hydrogens is 482 g/mol. The summed E-state index contributed by atoms with van der Waals surface area (Å²) < 4.78 is 17.2. The zero-order valence-corrected chi connectivity index (χ0v) is 22.8. The van der Waals surface area contributed by atoms with Gasteiger partial charge in [-0.1, -0.05) is 25.2 Å². The molecule has 0 saturated heterocycles. The predicted octanol–water partition coefficient (Wildman–Crippen LogP) is 5.57. The molecule has 35 heavy (non-hydrogen) atoms. The molecule has 0 spiro atoms. The van der Waals surface area contributed by atoms with Crippen molar-refractivity contribution in [3.63, 3.8) is 0 Å². The molecule has 2 aromatic carbocycles. The Kier molecular flexibility index (Phi) is 10.5. The van der Waals surface area contributed by atoms with Gasteiger partial charge in [0.15, 0.2) is 5.13 Å². The first-order valence-corrected chi connectivity index (χ1v) is 13.7. The van der Waals surface area contributed by atoms with Crippen molar-refractivity contribution in [1.82, 2.24) is 9.88 Å². The van der Waals surface area contributed by atoms with Crippen LogP contribution in [0.5, 0.6) is 17.2 Å². The topological polar surface area (TPSA) is 64.1 Å². The summed E-state index contributed by atoms with van der Waals surface area (Å²) >= 11 is 3.22. The lowest BCUT2D eigenvalue weighted by Gasteiger charge is -2.24. The van der Waals surface area contributed by atoms with Crippen LogP contribution in [0.2, 0.25) is 0 Å². The van der Waals surface area contributed by atoms with E-state index < -0.39 is 0 Å². The number of likely N-dealkylation sites (N-methyl/N-ethyl adjacent to an activating group) is 1. The Hall–Kier alpha value is -2.49. The number of anilines is 1. The number of hydrogen-bond donors (Lipinski definition) is 0. The highest BCUT2D eigenvalue weighted by Gasteiger charge is 2.22. The Labute approximate surface area is 216 Å². The van der Waals surface area contributed by atoms with Crippen molar-refractivity contribution in [2.75, 3.05) is 58.2 Å². The molecule has 1 heterocycles. The van der Waals surface area contributed by atoms with Gasteiger partial charge < -0.3 is 19.1 Å². The van der Waals surface area contributed by atoms with E-state index in [2.05, 4.69) is 18.7 Å². The monoisotopic (exact) mass is 517 g/mol. The number of rotatable bonds is 14. The third kappa shape index (κ3) is 7.02. The molecule has 0 N–H and O–H groups in total. The van der Waals surface area contributed by atoms with Crippen molar-refractivity contribution in [2.24, 2.45) is 0 Å². The molecule has 0 atom stereocenters. The Bertz CT molecular complexity index is 1040. The maximum Gasteiger partial charge on any atom is 0.228 e. The summed E-state index contributed by atoms with van der Waals surface area (Å²) in [5.41, 5.74) is 0.725.